The number of carbonyl (C=O) groups excluding carboxylic acids is 3. The van der Waals surface area contributed by atoms with Crippen LogP contribution < -0.4 is 33.2 Å². The van der Waals surface area contributed by atoms with Crippen LogP contribution in [0, 0.1) is 0 Å². The summed E-state index contributed by atoms with van der Waals surface area (Å²) in [6.07, 6.45) is 1.56. The number of para-hydroxylation sites is 1. The molecule has 0 saturated heterocycles. The van der Waals surface area contributed by atoms with Crippen molar-refractivity contribution in [2.75, 3.05) is 6.54 Å². The number of aromatic nitrogens is 1. The van der Waals surface area contributed by atoms with E-state index >= 15 is 0 Å². The summed E-state index contributed by atoms with van der Waals surface area (Å²) in [5, 5.41) is 26.7. The lowest BCUT2D eigenvalue weighted by Crippen LogP contribution is -2.56. The number of rotatable bonds is 16. The molecule has 4 unspecified atom stereocenters. The molecule has 218 valence electrons. The molecule has 15 nitrogen and oxygen atoms in total. The fourth-order valence-electron chi connectivity index (χ4n) is 3.86. The zero-order valence-corrected chi connectivity index (χ0v) is 22.1. The van der Waals surface area contributed by atoms with Gasteiger partial charge in [0.1, 0.15) is 18.1 Å². The lowest BCUT2D eigenvalue weighted by atomic mass is 10.0. The van der Waals surface area contributed by atoms with E-state index < -0.39 is 53.8 Å². The summed E-state index contributed by atoms with van der Waals surface area (Å²) in [7, 11) is 0. The molecule has 1 aromatic carbocycles. The summed E-state index contributed by atoms with van der Waals surface area (Å²) >= 11 is 0. The van der Waals surface area contributed by atoms with Crippen molar-refractivity contribution in [3.63, 3.8) is 0 Å². The number of carboxylic acids is 2. The van der Waals surface area contributed by atoms with Crippen LogP contribution in [0.2, 0.25) is 0 Å². The monoisotopic (exact) mass is 560 g/mol. The standard InChI is InChI=1S/C25H36N8O7/c1-13(21(36)33-19(24(39)40)11-14-12-30-17-6-3-2-5-15(14)17)31-23(38)18(7-4-10-29-25(27)28)32-22(37)16(26)8-9-20(34)35/h2-3,5-6,12-13,16,18-19,30H,4,7-11,26H2,1H3,(H,31,38)(H,32,37)(H,33,36)(H,34,35)(H,39,40)(H4,27,28,29). The van der Waals surface area contributed by atoms with Crippen LogP contribution in [0.1, 0.15) is 38.2 Å². The minimum absolute atomic E-state index is 0.00343. The Bertz CT molecular complexity index is 1240. The first kappa shape index (κ1) is 31.6. The van der Waals surface area contributed by atoms with Gasteiger partial charge in [0.25, 0.3) is 0 Å². The maximum absolute atomic E-state index is 13.0. The van der Waals surface area contributed by atoms with Crippen LogP contribution in [-0.2, 0) is 30.4 Å². The number of nitrogens with one attached hydrogen (secondary N) is 4. The highest BCUT2D eigenvalue weighted by Crippen LogP contribution is 2.19. The van der Waals surface area contributed by atoms with E-state index in [0.29, 0.717) is 5.56 Å². The summed E-state index contributed by atoms with van der Waals surface area (Å²) in [5.74, 6) is -4.74. The highest BCUT2D eigenvalue weighted by atomic mass is 16.4. The first-order valence-corrected chi connectivity index (χ1v) is 12.6. The molecule has 0 fully saturated rings. The quantitative estimate of drug-likeness (QED) is 0.0652. The number of hydrogen-bond acceptors (Lipinski definition) is 7. The molecule has 0 aliphatic carbocycles. The second-order valence-corrected chi connectivity index (χ2v) is 9.24. The van der Waals surface area contributed by atoms with Gasteiger partial charge in [-0.1, -0.05) is 18.2 Å². The smallest absolute Gasteiger partial charge is 0.326 e. The zero-order valence-electron chi connectivity index (χ0n) is 22.1. The average Bonchev–Trinajstić information content (AvgIpc) is 3.30. The van der Waals surface area contributed by atoms with Crippen LogP contribution in [0.3, 0.4) is 0 Å². The van der Waals surface area contributed by atoms with Gasteiger partial charge in [0.2, 0.25) is 17.7 Å². The van der Waals surface area contributed by atoms with E-state index in [1.165, 1.54) is 6.92 Å². The van der Waals surface area contributed by atoms with Gasteiger partial charge in [-0.05, 0) is 37.8 Å². The number of aromatic amines is 1. The minimum Gasteiger partial charge on any atom is -0.481 e. The predicted octanol–water partition coefficient (Wildman–Crippen LogP) is -1.48. The Morgan fingerprint density at radius 2 is 1.62 bits per heavy atom. The summed E-state index contributed by atoms with van der Waals surface area (Å²) in [6.45, 7) is 1.53. The summed E-state index contributed by atoms with van der Waals surface area (Å²) < 4.78 is 0. The molecule has 0 aliphatic heterocycles. The van der Waals surface area contributed by atoms with Crippen LogP contribution in [0.5, 0.6) is 0 Å². The van der Waals surface area contributed by atoms with Gasteiger partial charge >= 0.3 is 11.9 Å². The van der Waals surface area contributed by atoms with Crippen LogP contribution in [-0.4, -0.2) is 81.5 Å². The van der Waals surface area contributed by atoms with Crippen LogP contribution >= 0.6 is 0 Å². The van der Waals surface area contributed by atoms with Crippen molar-refractivity contribution in [2.45, 2.75) is 63.2 Å². The molecule has 0 spiro atoms. The number of nitrogens with two attached hydrogens (primary N) is 3. The second kappa shape index (κ2) is 15.1. The number of nitrogens with zero attached hydrogens (tertiary/aromatic N) is 1. The lowest BCUT2D eigenvalue weighted by molar-refractivity contribution is -0.142. The topological polar surface area (TPSA) is 268 Å². The molecule has 1 aromatic heterocycles. The van der Waals surface area contributed by atoms with E-state index in [4.69, 9.17) is 22.3 Å². The van der Waals surface area contributed by atoms with Gasteiger partial charge in [0.05, 0.1) is 6.04 Å². The molecule has 2 aromatic rings. The highest BCUT2D eigenvalue weighted by molar-refractivity contribution is 5.94. The molecule has 0 aliphatic rings. The average molecular weight is 561 g/mol. The number of carboxylic acid groups (broad SMARTS) is 2. The van der Waals surface area contributed by atoms with Crippen LogP contribution in [0.25, 0.3) is 10.9 Å². The maximum atomic E-state index is 13.0. The van der Waals surface area contributed by atoms with Crippen molar-refractivity contribution in [1.29, 1.82) is 0 Å². The number of H-pyrrole nitrogens is 1. The van der Waals surface area contributed by atoms with E-state index in [-0.39, 0.29) is 44.6 Å². The zero-order chi connectivity index (χ0) is 29.8. The molecule has 4 atom stereocenters. The van der Waals surface area contributed by atoms with E-state index in [1.54, 1.807) is 6.20 Å². The van der Waals surface area contributed by atoms with Crippen LogP contribution in [0.15, 0.2) is 35.5 Å². The molecular formula is C25H36N8O7. The third kappa shape index (κ3) is 9.90. The number of aliphatic imine (C=N–C) groups is 1. The number of aliphatic carboxylic acids is 2. The van der Waals surface area contributed by atoms with Gasteiger partial charge in [-0.15, -0.1) is 0 Å². The predicted molar refractivity (Wildman–Crippen MR) is 146 cm³/mol. The number of hydrogen-bond donors (Lipinski definition) is 9. The Morgan fingerprint density at radius 3 is 2.27 bits per heavy atom. The van der Waals surface area contributed by atoms with Gasteiger partial charge < -0.3 is 48.3 Å². The highest BCUT2D eigenvalue weighted by Gasteiger charge is 2.29. The van der Waals surface area contributed by atoms with Crippen molar-refractivity contribution >= 4 is 46.5 Å². The van der Waals surface area contributed by atoms with Gasteiger partial charge in [0, 0.05) is 36.5 Å². The Hall–Kier alpha value is -4.66. The number of amides is 3. The van der Waals surface area contributed by atoms with Gasteiger partial charge in [-0.25, -0.2) is 4.79 Å². The fourth-order valence-corrected chi connectivity index (χ4v) is 3.86. The molecule has 0 saturated carbocycles. The number of fused-ring (bicyclic) bond motifs is 1. The van der Waals surface area contributed by atoms with Gasteiger partial charge in [-0.2, -0.15) is 0 Å². The third-order valence-electron chi connectivity index (χ3n) is 6.05. The Morgan fingerprint density at radius 1 is 0.950 bits per heavy atom. The Kier molecular flexibility index (Phi) is 11.9. The normalized spacial score (nSPS) is 13.8. The minimum atomic E-state index is -1.27. The molecular weight excluding hydrogens is 524 g/mol. The van der Waals surface area contributed by atoms with Crippen molar-refractivity contribution in [3.05, 3.63) is 36.0 Å². The third-order valence-corrected chi connectivity index (χ3v) is 6.05. The molecule has 12 N–H and O–H groups in total. The number of guanidine groups is 1. The van der Waals surface area contributed by atoms with Gasteiger partial charge in [0.15, 0.2) is 5.96 Å². The summed E-state index contributed by atoms with van der Waals surface area (Å²) in [6, 6.07) is 2.58. The van der Waals surface area contributed by atoms with E-state index in [9.17, 15) is 29.1 Å². The van der Waals surface area contributed by atoms with Crippen molar-refractivity contribution in [2.24, 2.45) is 22.2 Å². The largest absolute Gasteiger partial charge is 0.481 e. The van der Waals surface area contributed by atoms with Gasteiger partial charge in [-0.3, -0.25) is 24.2 Å². The number of benzene rings is 1. The molecule has 15 heteroatoms. The number of carbonyl (C=O) groups is 5. The molecule has 3 amide bonds. The van der Waals surface area contributed by atoms with E-state index in [1.807, 2.05) is 24.3 Å². The molecule has 0 radical (unpaired) electrons. The van der Waals surface area contributed by atoms with E-state index in [2.05, 4.69) is 25.9 Å². The van der Waals surface area contributed by atoms with Crippen molar-refractivity contribution in [1.82, 2.24) is 20.9 Å². The Labute approximate surface area is 229 Å². The van der Waals surface area contributed by atoms with Crippen molar-refractivity contribution < 1.29 is 34.2 Å². The van der Waals surface area contributed by atoms with E-state index in [0.717, 1.165) is 10.9 Å². The molecule has 40 heavy (non-hydrogen) atoms. The first-order chi connectivity index (χ1) is 18.9. The maximum Gasteiger partial charge on any atom is 0.326 e. The first-order valence-electron chi connectivity index (χ1n) is 12.6. The van der Waals surface area contributed by atoms with Crippen LogP contribution in [0.4, 0.5) is 0 Å². The second-order valence-electron chi connectivity index (χ2n) is 9.24. The molecule has 1 heterocycles. The SMILES string of the molecule is CC(NC(=O)C(CCCN=C(N)N)NC(=O)C(N)CCC(=O)O)C(=O)NC(Cc1c[nH]c2ccccc12)C(=O)O. The lowest BCUT2D eigenvalue weighted by Gasteiger charge is -2.23. The fraction of sp³-hybridized carbons (Fsp3) is 0.440. The Balaban J connectivity index is 2.04. The summed E-state index contributed by atoms with van der Waals surface area (Å²) in [5.41, 5.74) is 17.9. The molecule has 2 rings (SSSR count). The van der Waals surface area contributed by atoms with Crippen molar-refractivity contribution in [3.8, 4) is 0 Å². The molecule has 0 bridgehead atoms. The summed E-state index contributed by atoms with van der Waals surface area (Å²) in [4.78, 5) is 67.8.